The lowest BCUT2D eigenvalue weighted by atomic mass is 10.2. The molecule has 2 N–H and O–H groups in total. The van der Waals surface area contributed by atoms with Crippen molar-refractivity contribution >= 4 is 44.2 Å². The molecule has 0 saturated heterocycles. The summed E-state index contributed by atoms with van der Waals surface area (Å²) >= 11 is 1.46. The van der Waals surface area contributed by atoms with Crippen LogP contribution in [0.15, 0.2) is 42.5 Å². The zero-order chi connectivity index (χ0) is 17.4. The van der Waals surface area contributed by atoms with Crippen LogP contribution in [-0.4, -0.2) is 16.8 Å². The topological polar surface area (TPSA) is 71.1 Å². The lowest BCUT2D eigenvalue weighted by Gasteiger charge is -2.05. The number of thiazole rings is 1. The maximum Gasteiger partial charge on any atom is 0.257 e. The molecule has 0 unspecified atom stereocenters. The Labute approximate surface area is 149 Å². The molecule has 0 radical (unpaired) electrons. The number of carbonyl (C=O) groups excluding carboxylic acids is 2. The molecule has 0 atom stereocenters. The molecule has 3 aromatic rings. The largest absolute Gasteiger partial charge is 0.326 e. The van der Waals surface area contributed by atoms with Gasteiger partial charge in [0.05, 0.1) is 10.2 Å². The summed E-state index contributed by atoms with van der Waals surface area (Å²) in [5, 5.41) is 6.28. The van der Waals surface area contributed by atoms with Gasteiger partial charge < -0.3 is 5.32 Å². The molecule has 0 aliphatic heterocycles. The summed E-state index contributed by atoms with van der Waals surface area (Å²) in [4.78, 5) is 28.6. The monoisotopic (exact) mass is 351 g/mol. The number of aryl methyl sites for hydroxylation is 1. The SMILES string of the molecule is Cc1ccc2nc(NC(=O)c3ccc(NC(=O)C4CC4)cc3)sc2c1. The number of benzene rings is 2. The van der Waals surface area contributed by atoms with Gasteiger partial charge in [0.15, 0.2) is 5.13 Å². The molecule has 2 amide bonds. The van der Waals surface area contributed by atoms with Crippen molar-refractivity contribution in [2.45, 2.75) is 19.8 Å². The number of hydrogen-bond donors (Lipinski definition) is 2. The zero-order valence-corrected chi connectivity index (χ0v) is 14.5. The fourth-order valence-corrected chi connectivity index (χ4v) is 3.51. The first-order valence-electron chi connectivity index (χ1n) is 8.18. The third kappa shape index (κ3) is 3.53. The summed E-state index contributed by atoms with van der Waals surface area (Å²) in [5.74, 6) is 0.00321. The van der Waals surface area contributed by atoms with Crippen LogP contribution in [0.2, 0.25) is 0 Å². The van der Waals surface area contributed by atoms with Crippen LogP contribution in [-0.2, 0) is 4.79 Å². The highest BCUT2D eigenvalue weighted by Gasteiger charge is 2.29. The summed E-state index contributed by atoms with van der Waals surface area (Å²) in [7, 11) is 0. The van der Waals surface area contributed by atoms with Crippen LogP contribution in [0.4, 0.5) is 10.8 Å². The van der Waals surface area contributed by atoms with E-state index in [0.29, 0.717) is 16.4 Å². The Balaban J connectivity index is 1.45. The lowest BCUT2D eigenvalue weighted by molar-refractivity contribution is -0.117. The summed E-state index contributed by atoms with van der Waals surface area (Å²) in [6.45, 7) is 2.03. The fourth-order valence-electron chi connectivity index (χ4n) is 2.55. The molecule has 5 nitrogen and oxygen atoms in total. The van der Waals surface area contributed by atoms with E-state index in [2.05, 4.69) is 21.7 Å². The van der Waals surface area contributed by atoms with E-state index in [1.54, 1.807) is 24.3 Å². The second-order valence-electron chi connectivity index (χ2n) is 6.29. The van der Waals surface area contributed by atoms with Crippen LogP contribution in [0.1, 0.15) is 28.8 Å². The molecule has 0 bridgehead atoms. The number of amides is 2. The van der Waals surface area contributed by atoms with Gasteiger partial charge in [0.2, 0.25) is 5.91 Å². The number of nitrogens with one attached hydrogen (secondary N) is 2. The summed E-state index contributed by atoms with van der Waals surface area (Å²) in [6.07, 6.45) is 1.93. The number of aromatic nitrogens is 1. The number of carbonyl (C=O) groups is 2. The van der Waals surface area contributed by atoms with Crippen LogP contribution in [0.5, 0.6) is 0 Å². The normalized spacial score (nSPS) is 13.6. The van der Waals surface area contributed by atoms with Gasteiger partial charge in [-0.25, -0.2) is 4.98 Å². The number of nitrogens with zero attached hydrogens (tertiary/aromatic N) is 1. The zero-order valence-electron chi connectivity index (χ0n) is 13.7. The Bertz CT molecular complexity index is 958. The Morgan fingerprint density at radius 3 is 2.56 bits per heavy atom. The van der Waals surface area contributed by atoms with Gasteiger partial charge in [-0.2, -0.15) is 0 Å². The predicted octanol–water partition coefficient (Wildman–Crippen LogP) is 4.21. The molecule has 6 heteroatoms. The van der Waals surface area contributed by atoms with E-state index < -0.39 is 0 Å². The molecule has 1 aromatic heterocycles. The Morgan fingerprint density at radius 2 is 1.84 bits per heavy atom. The van der Waals surface area contributed by atoms with Crippen molar-refractivity contribution in [3.8, 4) is 0 Å². The summed E-state index contributed by atoms with van der Waals surface area (Å²) in [6, 6.07) is 12.9. The smallest absolute Gasteiger partial charge is 0.257 e. The van der Waals surface area contributed by atoms with Crippen LogP contribution in [0.25, 0.3) is 10.2 Å². The predicted molar refractivity (Wildman–Crippen MR) is 100 cm³/mol. The van der Waals surface area contributed by atoms with Gasteiger partial charge in [0.25, 0.3) is 5.91 Å². The van der Waals surface area contributed by atoms with E-state index in [-0.39, 0.29) is 17.7 Å². The highest BCUT2D eigenvalue weighted by Crippen LogP contribution is 2.30. The van der Waals surface area contributed by atoms with E-state index in [4.69, 9.17) is 0 Å². The maximum absolute atomic E-state index is 12.4. The summed E-state index contributed by atoms with van der Waals surface area (Å²) < 4.78 is 1.05. The van der Waals surface area contributed by atoms with Gasteiger partial charge in [0.1, 0.15) is 0 Å². The van der Waals surface area contributed by atoms with Crippen LogP contribution < -0.4 is 10.6 Å². The second-order valence-corrected chi connectivity index (χ2v) is 7.32. The minimum atomic E-state index is -0.212. The molecular formula is C19H17N3O2S. The van der Waals surface area contributed by atoms with Gasteiger partial charge in [0, 0.05) is 17.2 Å². The highest BCUT2D eigenvalue weighted by molar-refractivity contribution is 7.22. The number of anilines is 2. The minimum Gasteiger partial charge on any atom is -0.326 e. The van der Waals surface area contributed by atoms with E-state index in [1.807, 2.05) is 19.1 Å². The lowest BCUT2D eigenvalue weighted by Crippen LogP contribution is -2.14. The molecule has 2 aromatic carbocycles. The molecule has 1 aliphatic rings. The molecule has 126 valence electrons. The first-order chi connectivity index (χ1) is 12.1. The van der Waals surface area contributed by atoms with Crippen LogP contribution in [0, 0.1) is 12.8 Å². The van der Waals surface area contributed by atoms with Gasteiger partial charge >= 0.3 is 0 Å². The average molecular weight is 351 g/mol. The number of rotatable bonds is 4. The summed E-state index contributed by atoms with van der Waals surface area (Å²) in [5.41, 5.74) is 3.28. The van der Waals surface area contributed by atoms with Crippen molar-refractivity contribution in [3.05, 3.63) is 53.6 Å². The molecular weight excluding hydrogens is 334 g/mol. The van der Waals surface area contributed by atoms with Gasteiger partial charge in [-0.3, -0.25) is 14.9 Å². The van der Waals surface area contributed by atoms with E-state index in [0.717, 1.165) is 28.6 Å². The quantitative estimate of drug-likeness (QED) is 0.740. The van der Waals surface area contributed by atoms with Crippen LogP contribution >= 0.6 is 11.3 Å². The fraction of sp³-hybridized carbons (Fsp3) is 0.211. The van der Waals surface area contributed by atoms with E-state index in [1.165, 1.54) is 11.3 Å². The number of hydrogen-bond acceptors (Lipinski definition) is 4. The van der Waals surface area contributed by atoms with Crippen molar-refractivity contribution in [1.29, 1.82) is 0 Å². The second kappa shape index (κ2) is 6.29. The van der Waals surface area contributed by atoms with Crippen molar-refractivity contribution < 1.29 is 9.59 Å². The molecule has 0 spiro atoms. The third-order valence-corrected chi connectivity index (χ3v) is 5.06. The first kappa shape index (κ1) is 15.8. The average Bonchev–Trinajstić information content (AvgIpc) is 3.37. The van der Waals surface area contributed by atoms with Crippen molar-refractivity contribution in [3.63, 3.8) is 0 Å². The standard InChI is InChI=1S/C19H17N3O2S/c1-11-2-9-15-16(10-11)25-19(21-15)22-18(24)13-5-7-14(8-6-13)20-17(23)12-3-4-12/h2,5-10,12H,3-4H2,1H3,(H,20,23)(H,21,22,24). The highest BCUT2D eigenvalue weighted by atomic mass is 32.1. The third-order valence-electron chi connectivity index (χ3n) is 4.13. The van der Waals surface area contributed by atoms with Gasteiger partial charge in [-0.1, -0.05) is 17.4 Å². The first-order valence-corrected chi connectivity index (χ1v) is 8.99. The number of fused-ring (bicyclic) bond motifs is 1. The molecule has 1 saturated carbocycles. The molecule has 4 rings (SSSR count). The Hall–Kier alpha value is -2.73. The van der Waals surface area contributed by atoms with E-state index >= 15 is 0 Å². The van der Waals surface area contributed by atoms with Crippen molar-refractivity contribution in [2.24, 2.45) is 5.92 Å². The molecule has 25 heavy (non-hydrogen) atoms. The van der Waals surface area contributed by atoms with Crippen molar-refractivity contribution in [1.82, 2.24) is 4.98 Å². The molecule has 1 aliphatic carbocycles. The maximum atomic E-state index is 12.4. The molecule has 1 heterocycles. The van der Waals surface area contributed by atoms with Crippen LogP contribution in [0.3, 0.4) is 0 Å². The Kier molecular flexibility index (Phi) is 3.97. The van der Waals surface area contributed by atoms with Gasteiger partial charge in [-0.05, 0) is 61.7 Å². The molecule has 1 fully saturated rings. The van der Waals surface area contributed by atoms with Gasteiger partial charge in [-0.15, -0.1) is 0 Å². The van der Waals surface area contributed by atoms with E-state index in [9.17, 15) is 9.59 Å². The minimum absolute atomic E-state index is 0.0574. The van der Waals surface area contributed by atoms with Crippen molar-refractivity contribution in [2.75, 3.05) is 10.6 Å². The Morgan fingerprint density at radius 1 is 1.08 bits per heavy atom.